The van der Waals surface area contributed by atoms with Crippen LogP contribution in [0.15, 0.2) is 12.4 Å². The molecule has 2 rings (SSSR count). The first-order valence-corrected chi connectivity index (χ1v) is 7.29. The van der Waals surface area contributed by atoms with Gasteiger partial charge in [0.2, 0.25) is 0 Å². The van der Waals surface area contributed by atoms with Gasteiger partial charge in [-0.05, 0) is 20.8 Å². The molecule has 0 spiro atoms. The van der Waals surface area contributed by atoms with E-state index in [4.69, 9.17) is 0 Å². The van der Waals surface area contributed by atoms with Crippen LogP contribution in [0.2, 0.25) is 0 Å². The van der Waals surface area contributed by atoms with E-state index in [0.717, 1.165) is 31.2 Å². The Morgan fingerprint density at radius 1 is 1.30 bits per heavy atom. The van der Waals surface area contributed by atoms with Crippen LogP contribution in [-0.4, -0.2) is 25.4 Å². The fourth-order valence-corrected chi connectivity index (χ4v) is 2.36. The number of nitrogens with one attached hydrogen (secondary N) is 1. The van der Waals surface area contributed by atoms with Crippen LogP contribution in [0.5, 0.6) is 0 Å². The van der Waals surface area contributed by atoms with Gasteiger partial charge in [-0.15, -0.1) is 0 Å². The van der Waals surface area contributed by atoms with E-state index in [2.05, 4.69) is 59.3 Å². The summed E-state index contributed by atoms with van der Waals surface area (Å²) in [5.74, 6) is 1.06. The van der Waals surface area contributed by atoms with Crippen LogP contribution < -0.4 is 5.32 Å². The highest BCUT2D eigenvalue weighted by Crippen LogP contribution is 2.14. The lowest BCUT2D eigenvalue weighted by Crippen LogP contribution is -2.22. The third kappa shape index (κ3) is 3.10. The molecule has 2 aromatic rings. The van der Waals surface area contributed by atoms with Gasteiger partial charge >= 0.3 is 0 Å². The van der Waals surface area contributed by atoms with Crippen LogP contribution >= 0.6 is 0 Å². The molecule has 5 heteroatoms. The Morgan fingerprint density at radius 3 is 2.70 bits per heavy atom. The Bertz CT molecular complexity index is 565. The van der Waals surface area contributed by atoms with Crippen LogP contribution in [-0.2, 0) is 19.6 Å². The van der Waals surface area contributed by atoms with Gasteiger partial charge in [0.15, 0.2) is 0 Å². The molecule has 0 aliphatic rings. The van der Waals surface area contributed by atoms with Crippen LogP contribution in [0.25, 0.3) is 0 Å². The third-order valence-electron chi connectivity index (χ3n) is 3.65. The van der Waals surface area contributed by atoms with Crippen molar-refractivity contribution in [2.75, 3.05) is 0 Å². The summed E-state index contributed by atoms with van der Waals surface area (Å²) in [5.41, 5.74) is 3.62. The van der Waals surface area contributed by atoms with E-state index >= 15 is 0 Å². The van der Waals surface area contributed by atoms with E-state index in [1.165, 1.54) is 11.3 Å². The molecule has 2 aromatic heterocycles. The van der Waals surface area contributed by atoms with Gasteiger partial charge in [0.1, 0.15) is 5.82 Å². The van der Waals surface area contributed by atoms with E-state index in [0.29, 0.717) is 6.04 Å². The van der Waals surface area contributed by atoms with Crippen molar-refractivity contribution in [3.8, 4) is 0 Å². The number of imidazole rings is 1. The first-order chi connectivity index (χ1) is 9.52. The van der Waals surface area contributed by atoms with Crippen molar-refractivity contribution in [1.82, 2.24) is 24.6 Å². The number of hydrogen-bond acceptors (Lipinski definition) is 3. The standard InChI is InChI=1S/C15H25N5/c1-6-19-8-7-16-15(19)10-20-13(5)14(12(4)18-20)9-17-11(2)3/h7-8,11,17H,6,9-10H2,1-5H3. The molecule has 20 heavy (non-hydrogen) atoms. The molecule has 0 unspecified atom stereocenters. The van der Waals surface area contributed by atoms with Crippen LogP contribution in [0.1, 0.15) is 43.5 Å². The first-order valence-electron chi connectivity index (χ1n) is 7.29. The summed E-state index contributed by atoms with van der Waals surface area (Å²) in [6.45, 7) is 13.2. The van der Waals surface area contributed by atoms with Gasteiger partial charge < -0.3 is 9.88 Å². The fourth-order valence-electron chi connectivity index (χ4n) is 2.36. The van der Waals surface area contributed by atoms with E-state index in [9.17, 15) is 0 Å². The maximum absolute atomic E-state index is 4.66. The minimum absolute atomic E-state index is 0.483. The van der Waals surface area contributed by atoms with Gasteiger partial charge in [0.25, 0.3) is 0 Å². The van der Waals surface area contributed by atoms with Crippen LogP contribution in [0.4, 0.5) is 0 Å². The van der Waals surface area contributed by atoms with Gasteiger partial charge in [0.05, 0.1) is 12.2 Å². The molecule has 0 aliphatic heterocycles. The highest BCUT2D eigenvalue weighted by molar-refractivity contribution is 5.24. The predicted molar refractivity (Wildman–Crippen MR) is 80.7 cm³/mol. The maximum atomic E-state index is 4.66. The summed E-state index contributed by atoms with van der Waals surface area (Å²) >= 11 is 0. The molecule has 2 heterocycles. The second-order valence-electron chi connectivity index (χ2n) is 5.47. The molecular formula is C15H25N5. The van der Waals surface area contributed by atoms with Crippen molar-refractivity contribution in [3.63, 3.8) is 0 Å². The maximum Gasteiger partial charge on any atom is 0.130 e. The smallest absolute Gasteiger partial charge is 0.130 e. The quantitative estimate of drug-likeness (QED) is 0.879. The second kappa shape index (κ2) is 6.22. The number of aromatic nitrogens is 4. The summed E-state index contributed by atoms with van der Waals surface area (Å²) in [7, 11) is 0. The van der Waals surface area contributed by atoms with Crippen LogP contribution in [0, 0.1) is 13.8 Å². The molecule has 0 saturated carbocycles. The van der Waals surface area contributed by atoms with Gasteiger partial charge in [-0.25, -0.2) is 4.98 Å². The number of aryl methyl sites for hydroxylation is 2. The monoisotopic (exact) mass is 275 g/mol. The van der Waals surface area contributed by atoms with Gasteiger partial charge in [-0.3, -0.25) is 4.68 Å². The largest absolute Gasteiger partial charge is 0.334 e. The van der Waals surface area contributed by atoms with Gasteiger partial charge in [0, 0.05) is 42.8 Å². The molecule has 0 aliphatic carbocycles. The first kappa shape index (κ1) is 14.8. The summed E-state index contributed by atoms with van der Waals surface area (Å²) < 4.78 is 4.21. The lowest BCUT2D eigenvalue weighted by molar-refractivity contribution is 0.578. The molecule has 0 radical (unpaired) electrons. The van der Waals surface area contributed by atoms with Crippen molar-refractivity contribution in [2.24, 2.45) is 0 Å². The zero-order chi connectivity index (χ0) is 14.7. The zero-order valence-electron chi connectivity index (χ0n) is 13.1. The minimum Gasteiger partial charge on any atom is -0.334 e. The van der Waals surface area contributed by atoms with E-state index < -0.39 is 0 Å². The van der Waals surface area contributed by atoms with Gasteiger partial charge in [-0.2, -0.15) is 5.10 Å². The summed E-state index contributed by atoms with van der Waals surface area (Å²) in [4.78, 5) is 4.42. The fraction of sp³-hybridized carbons (Fsp3) is 0.600. The Kier molecular flexibility index (Phi) is 4.60. The Balaban J connectivity index is 2.19. The minimum atomic E-state index is 0.483. The molecular weight excluding hydrogens is 250 g/mol. The van der Waals surface area contributed by atoms with E-state index in [-0.39, 0.29) is 0 Å². The lowest BCUT2D eigenvalue weighted by Gasteiger charge is -2.09. The third-order valence-corrected chi connectivity index (χ3v) is 3.65. The zero-order valence-corrected chi connectivity index (χ0v) is 13.1. The van der Waals surface area contributed by atoms with Crippen molar-refractivity contribution in [1.29, 1.82) is 0 Å². The van der Waals surface area contributed by atoms with Gasteiger partial charge in [-0.1, -0.05) is 13.8 Å². The molecule has 5 nitrogen and oxygen atoms in total. The lowest BCUT2D eigenvalue weighted by atomic mass is 10.2. The Labute approximate surface area is 121 Å². The molecule has 110 valence electrons. The van der Waals surface area contributed by atoms with E-state index in [1.807, 2.05) is 12.4 Å². The summed E-state index contributed by atoms with van der Waals surface area (Å²) in [6.07, 6.45) is 3.87. The SMILES string of the molecule is CCn1ccnc1Cn1nc(C)c(CNC(C)C)c1C. The molecule has 0 atom stereocenters. The second-order valence-corrected chi connectivity index (χ2v) is 5.47. The average Bonchev–Trinajstić information content (AvgIpc) is 2.94. The Morgan fingerprint density at radius 2 is 2.05 bits per heavy atom. The Hall–Kier alpha value is -1.62. The van der Waals surface area contributed by atoms with Crippen molar-refractivity contribution in [2.45, 2.75) is 60.3 Å². The topological polar surface area (TPSA) is 47.7 Å². The molecule has 0 aromatic carbocycles. The van der Waals surface area contributed by atoms with Crippen molar-refractivity contribution >= 4 is 0 Å². The number of hydrogen-bond donors (Lipinski definition) is 1. The summed E-state index contributed by atoms with van der Waals surface area (Å²) in [5, 5.41) is 8.13. The highest BCUT2D eigenvalue weighted by Gasteiger charge is 2.13. The van der Waals surface area contributed by atoms with E-state index in [1.54, 1.807) is 0 Å². The van der Waals surface area contributed by atoms with Crippen molar-refractivity contribution < 1.29 is 0 Å². The summed E-state index contributed by atoms with van der Waals surface area (Å²) in [6, 6.07) is 0.483. The number of nitrogens with zero attached hydrogens (tertiary/aromatic N) is 4. The number of rotatable bonds is 6. The molecule has 0 fully saturated rings. The van der Waals surface area contributed by atoms with Crippen molar-refractivity contribution in [3.05, 3.63) is 35.2 Å². The molecule has 0 bridgehead atoms. The predicted octanol–water partition coefficient (Wildman–Crippen LogP) is 2.26. The highest BCUT2D eigenvalue weighted by atomic mass is 15.3. The molecule has 0 amide bonds. The molecule has 0 saturated heterocycles. The average molecular weight is 275 g/mol. The normalized spacial score (nSPS) is 11.5. The molecule has 1 N–H and O–H groups in total. The van der Waals surface area contributed by atoms with Crippen LogP contribution in [0.3, 0.4) is 0 Å².